The zero-order valence-electron chi connectivity index (χ0n) is 18.7. The molecule has 0 aromatic heterocycles. The Bertz CT molecular complexity index is 627. The highest BCUT2D eigenvalue weighted by molar-refractivity contribution is 5.83. The fraction of sp³-hybridized carbons (Fsp3) is 0.643. The van der Waals surface area contributed by atoms with Crippen molar-refractivity contribution in [1.82, 2.24) is 0 Å². The molecule has 0 aliphatic rings. The predicted molar refractivity (Wildman–Crippen MR) is 127 cm³/mol. The number of benzene rings is 2. The van der Waals surface area contributed by atoms with Crippen LogP contribution in [0, 0.1) is 0 Å². The zero-order chi connectivity index (χ0) is 19.9. The van der Waals surface area contributed by atoms with E-state index in [1.54, 1.807) is 5.56 Å². The molecule has 2 aromatic rings. The molecule has 0 saturated carbocycles. The Morgan fingerprint density at radius 2 is 1.04 bits per heavy atom. The summed E-state index contributed by atoms with van der Waals surface area (Å²) in [7, 11) is 0. The molecule has 0 aliphatic heterocycles. The normalized spacial score (nSPS) is 12.5. The summed E-state index contributed by atoms with van der Waals surface area (Å²) in [5.74, 6) is 0.755. The summed E-state index contributed by atoms with van der Waals surface area (Å²) in [4.78, 5) is 0. The van der Waals surface area contributed by atoms with Gasteiger partial charge in [-0.15, -0.1) is 0 Å². The van der Waals surface area contributed by atoms with E-state index in [0.717, 1.165) is 5.92 Å². The lowest BCUT2D eigenvalue weighted by atomic mass is 9.87. The first-order valence-corrected chi connectivity index (χ1v) is 12.3. The van der Waals surface area contributed by atoms with Crippen LogP contribution in [-0.4, -0.2) is 0 Å². The standard InChI is InChI=1S/C28H44/c1-3-5-7-8-9-10-11-12-13-15-19-25(18-14-6-4-2)28-23-22-26-20-16-17-21-27(26)24-28/h16-17,20-25H,3-15,18-19H2,1-2H3. The Hall–Kier alpha value is -1.30. The highest BCUT2D eigenvalue weighted by atomic mass is 14.2. The van der Waals surface area contributed by atoms with Crippen molar-refractivity contribution in [3.63, 3.8) is 0 Å². The monoisotopic (exact) mass is 380 g/mol. The quantitative estimate of drug-likeness (QED) is 0.254. The van der Waals surface area contributed by atoms with Gasteiger partial charge in [0, 0.05) is 0 Å². The van der Waals surface area contributed by atoms with Crippen LogP contribution < -0.4 is 0 Å². The summed E-state index contributed by atoms with van der Waals surface area (Å²) < 4.78 is 0. The maximum Gasteiger partial charge on any atom is -0.0162 e. The average molecular weight is 381 g/mol. The van der Waals surface area contributed by atoms with Crippen molar-refractivity contribution in [2.24, 2.45) is 0 Å². The van der Waals surface area contributed by atoms with E-state index in [-0.39, 0.29) is 0 Å². The van der Waals surface area contributed by atoms with Crippen LogP contribution in [0.3, 0.4) is 0 Å². The predicted octanol–water partition coefficient (Wildman–Crippen LogP) is 9.81. The van der Waals surface area contributed by atoms with Gasteiger partial charge >= 0.3 is 0 Å². The highest BCUT2D eigenvalue weighted by Gasteiger charge is 2.12. The minimum Gasteiger partial charge on any atom is -0.0654 e. The zero-order valence-corrected chi connectivity index (χ0v) is 18.7. The molecule has 0 radical (unpaired) electrons. The minimum absolute atomic E-state index is 0.755. The van der Waals surface area contributed by atoms with Crippen LogP contribution in [0.5, 0.6) is 0 Å². The molecule has 0 bridgehead atoms. The lowest BCUT2D eigenvalue weighted by molar-refractivity contribution is 0.491. The molecular weight excluding hydrogens is 336 g/mol. The van der Waals surface area contributed by atoms with E-state index in [4.69, 9.17) is 0 Å². The van der Waals surface area contributed by atoms with Crippen LogP contribution in [-0.2, 0) is 0 Å². The highest BCUT2D eigenvalue weighted by Crippen LogP contribution is 2.30. The second-order valence-electron chi connectivity index (χ2n) is 8.77. The molecule has 1 atom stereocenters. The van der Waals surface area contributed by atoms with Gasteiger partial charge in [0.15, 0.2) is 0 Å². The fourth-order valence-electron chi connectivity index (χ4n) is 4.46. The Morgan fingerprint density at radius 1 is 0.536 bits per heavy atom. The molecule has 0 heterocycles. The van der Waals surface area contributed by atoms with Crippen molar-refractivity contribution in [1.29, 1.82) is 0 Å². The Balaban J connectivity index is 1.74. The summed E-state index contributed by atoms with van der Waals surface area (Å²) in [5.41, 5.74) is 1.57. The van der Waals surface area contributed by atoms with Crippen LogP contribution in [0.25, 0.3) is 10.8 Å². The Morgan fingerprint density at radius 3 is 1.68 bits per heavy atom. The van der Waals surface area contributed by atoms with Gasteiger partial charge in [-0.1, -0.05) is 140 Å². The van der Waals surface area contributed by atoms with Gasteiger partial charge in [-0.3, -0.25) is 0 Å². The second kappa shape index (κ2) is 14.7. The van der Waals surface area contributed by atoms with Crippen molar-refractivity contribution in [3.8, 4) is 0 Å². The third-order valence-electron chi connectivity index (χ3n) is 6.31. The molecule has 2 rings (SSSR count). The molecule has 0 aliphatic carbocycles. The molecule has 0 nitrogen and oxygen atoms in total. The van der Waals surface area contributed by atoms with Gasteiger partial charge in [0.25, 0.3) is 0 Å². The maximum atomic E-state index is 2.46. The van der Waals surface area contributed by atoms with E-state index in [9.17, 15) is 0 Å². The molecule has 0 heteroatoms. The molecule has 0 saturated heterocycles. The lowest BCUT2D eigenvalue weighted by Crippen LogP contribution is -2.00. The van der Waals surface area contributed by atoms with Crippen molar-refractivity contribution >= 4 is 10.8 Å². The molecule has 1 unspecified atom stereocenters. The van der Waals surface area contributed by atoms with Gasteiger partial charge in [-0.2, -0.15) is 0 Å². The van der Waals surface area contributed by atoms with Crippen LogP contribution >= 0.6 is 0 Å². The van der Waals surface area contributed by atoms with Gasteiger partial charge < -0.3 is 0 Å². The van der Waals surface area contributed by atoms with E-state index >= 15 is 0 Å². The van der Waals surface area contributed by atoms with Crippen molar-refractivity contribution in [3.05, 3.63) is 48.0 Å². The molecular formula is C28H44. The fourth-order valence-corrected chi connectivity index (χ4v) is 4.46. The second-order valence-corrected chi connectivity index (χ2v) is 8.77. The van der Waals surface area contributed by atoms with Crippen LogP contribution in [0.4, 0.5) is 0 Å². The van der Waals surface area contributed by atoms with Crippen LogP contribution in [0.2, 0.25) is 0 Å². The average Bonchev–Trinajstić information content (AvgIpc) is 2.73. The van der Waals surface area contributed by atoms with Crippen molar-refractivity contribution < 1.29 is 0 Å². The maximum absolute atomic E-state index is 2.46. The van der Waals surface area contributed by atoms with E-state index in [1.165, 1.54) is 107 Å². The van der Waals surface area contributed by atoms with Crippen LogP contribution in [0.15, 0.2) is 42.5 Å². The molecule has 0 spiro atoms. The first-order chi connectivity index (χ1) is 13.8. The summed E-state index contributed by atoms with van der Waals surface area (Å²) in [6, 6.07) is 16.0. The molecule has 156 valence electrons. The topological polar surface area (TPSA) is 0 Å². The van der Waals surface area contributed by atoms with E-state index in [1.807, 2.05) is 0 Å². The SMILES string of the molecule is CCCCCCCCCCCCC(CCCCC)c1ccc2ccccc2c1. The summed E-state index contributed by atoms with van der Waals surface area (Å²) >= 11 is 0. The number of fused-ring (bicyclic) bond motifs is 1. The largest absolute Gasteiger partial charge is 0.0654 e. The number of unbranched alkanes of at least 4 members (excludes halogenated alkanes) is 11. The Labute approximate surface area is 175 Å². The van der Waals surface area contributed by atoms with E-state index in [2.05, 4.69) is 56.3 Å². The number of hydrogen-bond acceptors (Lipinski definition) is 0. The van der Waals surface area contributed by atoms with Crippen molar-refractivity contribution in [2.75, 3.05) is 0 Å². The van der Waals surface area contributed by atoms with E-state index in [0.29, 0.717) is 0 Å². The summed E-state index contributed by atoms with van der Waals surface area (Å²) in [5, 5.41) is 2.78. The number of hydrogen-bond donors (Lipinski definition) is 0. The summed E-state index contributed by atoms with van der Waals surface area (Å²) in [6.45, 7) is 4.61. The first kappa shape index (κ1) is 23.0. The van der Waals surface area contributed by atoms with Crippen LogP contribution in [0.1, 0.15) is 122 Å². The van der Waals surface area contributed by atoms with Gasteiger partial charge in [0.1, 0.15) is 0 Å². The molecule has 0 N–H and O–H groups in total. The smallest absolute Gasteiger partial charge is 0.0162 e. The third-order valence-corrected chi connectivity index (χ3v) is 6.31. The third kappa shape index (κ3) is 8.80. The lowest BCUT2D eigenvalue weighted by Gasteiger charge is -2.18. The molecule has 28 heavy (non-hydrogen) atoms. The molecule has 0 amide bonds. The van der Waals surface area contributed by atoms with Gasteiger partial charge in [-0.05, 0) is 35.1 Å². The first-order valence-electron chi connectivity index (χ1n) is 12.3. The minimum atomic E-state index is 0.755. The van der Waals surface area contributed by atoms with Gasteiger partial charge in [0.05, 0.1) is 0 Å². The summed E-state index contributed by atoms with van der Waals surface area (Å²) in [6.07, 6.45) is 21.1. The van der Waals surface area contributed by atoms with Gasteiger partial charge in [0.2, 0.25) is 0 Å². The van der Waals surface area contributed by atoms with Crippen molar-refractivity contribution in [2.45, 2.75) is 116 Å². The molecule has 0 fully saturated rings. The number of rotatable bonds is 16. The van der Waals surface area contributed by atoms with Gasteiger partial charge in [-0.25, -0.2) is 0 Å². The molecule has 2 aromatic carbocycles. The van der Waals surface area contributed by atoms with E-state index < -0.39 is 0 Å². The Kier molecular flexibility index (Phi) is 12.0.